The highest BCUT2D eigenvalue weighted by molar-refractivity contribution is 5.96. The molecule has 1 aromatic carbocycles. The standard InChI is InChI=1S/C19H22N4O3/c1-26-17-7-3-2-6-16(17)22-9-11-23(12-10-22)18(24)14-21-19(25)15-5-4-8-20-13-15/h2-8,13H,9-12,14H2,1H3,(H,21,25). The highest BCUT2D eigenvalue weighted by Crippen LogP contribution is 2.28. The zero-order valence-electron chi connectivity index (χ0n) is 14.7. The van der Waals surface area contributed by atoms with Crippen LogP contribution in [-0.2, 0) is 4.79 Å². The average molecular weight is 354 g/mol. The molecule has 1 aliphatic heterocycles. The van der Waals surface area contributed by atoms with Crippen molar-refractivity contribution in [3.63, 3.8) is 0 Å². The van der Waals surface area contributed by atoms with E-state index in [0.717, 1.165) is 24.5 Å². The SMILES string of the molecule is COc1ccccc1N1CCN(C(=O)CNC(=O)c2cccnc2)CC1. The van der Waals surface area contributed by atoms with Gasteiger partial charge >= 0.3 is 0 Å². The molecule has 0 bridgehead atoms. The van der Waals surface area contributed by atoms with Gasteiger partial charge in [0.05, 0.1) is 24.9 Å². The Labute approximate surface area is 152 Å². The molecular formula is C19H22N4O3. The number of ether oxygens (including phenoxy) is 1. The first-order valence-electron chi connectivity index (χ1n) is 8.53. The fraction of sp³-hybridized carbons (Fsp3) is 0.316. The summed E-state index contributed by atoms with van der Waals surface area (Å²) in [5, 5.41) is 2.65. The molecule has 26 heavy (non-hydrogen) atoms. The zero-order valence-corrected chi connectivity index (χ0v) is 14.7. The van der Waals surface area contributed by atoms with Crippen molar-refractivity contribution in [1.82, 2.24) is 15.2 Å². The lowest BCUT2D eigenvalue weighted by atomic mass is 10.2. The van der Waals surface area contributed by atoms with Crippen LogP contribution in [0.15, 0.2) is 48.8 Å². The highest BCUT2D eigenvalue weighted by Gasteiger charge is 2.23. The Balaban J connectivity index is 1.50. The number of hydrogen-bond acceptors (Lipinski definition) is 5. The van der Waals surface area contributed by atoms with E-state index in [1.807, 2.05) is 24.3 Å². The third-order valence-electron chi connectivity index (χ3n) is 4.38. The Morgan fingerprint density at radius 3 is 2.58 bits per heavy atom. The number of carbonyl (C=O) groups excluding carboxylic acids is 2. The summed E-state index contributed by atoms with van der Waals surface area (Å²) in [4.78, 5) is 32.2. The van der Waals surface area contributed by atoms with Crippen LogP contribution in [-0.4, -0.2) is 61.5 Å². The van der Waals surface area contributed by atoms with Crippen molar-refractivity contribution in [2.75, 3.05) is 44.7 Å². The highest BCUT2D eigenvalue weighted by atomic mass is 16.5. The van der Waals surface area contributed by atoms with Crippen LogP contribution in [0.1, 0.15) is 10.4 Å². The van der Waals surface area contributed by atoms with E-state index in [2.05, 4.69) is 15.2 Å². The number of piperazine rings is 1. The van der Waals surface area contributed by atoms with E-state index in [4.69, 9.17) is 4.74 Å². The molecular weight excluding hydrogens is 332 g/mol. The molecule has 2 amide bonds. The van der Waals surface area contributed by atoms with Crippen molar-refractivity contribution in [1.29, 1.82) is 0 Å². The van der Waals surface area contributed by atoms with Crippen molar-refractivity contribution in [3.05, 3.63) is 54.4 Å². The Morgan fingerprint density at radius 1 is 1.12 bits per heavy atom. The molecule has 0 radical (unpaired) electrons. The number of rotatable bonds is 5. The number of amides is 2. The molecule has 0 spiro atoms. The second-order valence-corrected chi connectivity index (χ2v) is 5.96. The minimum atomic E-state index is -0.292. The number of benzene rings is 1. The fourth-order valence-electron chi connectivity index (χ4n) is 2.95. The molecule has 0 atom stereocenters. The van der Waals surface area contributed by atoms with Crippen molar-refractivity contribution in [2.45, 2.75) is 0 Å². The van der Waals surface area contributed by atoms with Gasteiger partial charge in [-0.3, -0.25) is 14.6 Å². The molecule has 0 unspecified atom stereocenters. The van der Waals surface area contributed by atoms with Gasteiger partial charge in [0.15, 0.2) is 0 Å². The predicted molar refractivity (Wildman–Crippen MR) is 98.4 cm³/mol. The van der Waals surface area contributed by atoms with E-state index in [-0.39, 0.29) is 18.4 Å². The Bertz CT molecular complexity index is 758. The quantitative estimate of drug-likeness (QED) is 0.872. The summed E-state index contributed by atoms with van der Waals surface area (Å²) in [6.07, 6.45) is 3.08. The second-order valence-electron chi connectivity index (χ2n) is 5.96. The van der Waals surface area contributed by atoms with Crippen LogP contribution >= 0.6 is 0 Å². The normalized spacial score (nSPS) is 14.0. The van der Waals surface area contributed by atoms with Gasteiger partial charge in [-0.1, -0.05) is 12.1 Å². The average Bonchev–Trinajstić information content (AvgIpc) is 2.72. The van der Waals surface area contributed by atoms with Crippen LogP contribution in [0.3, 0.4) is 0 Å². The topological polar surface area (TPSA) is 74.8 Å². The van der Waals surface area contributed by atoms with E-state index in [1.165, 1.54) is 6.20 Å². The first kappa shape index (κ1) is 17.7. The van der Waals surface area contributed by atoms with Crippen molar-refractivity contribution < 1.29 is 14.3 Å². The fourth-order valence-corrected chi connectivity index (χ4v) is 2.95. The predicted octanol–water partition coefficient (Wildman–Crippen LogP) is 1.17. The largest absolute Gasteiger partial charge is 0.495 e. The molecule has 2 heterocycles. The van der Waals surface area contributed by atoms with Gasteiger partial charge in [-0.05, 0) is 24.3 Å². The second kappa shape index (κ2) is 8.33. The molecule has 7 heteroatoms. The van der Waals surface area contributed by atoms with Gasteiger partial charge in [-0.2, -0.15) is 0 Å². The van der Waals surface area contributed by atoms with E-state index in [0.29, 0.717) is 18.7 Å². The smallest absolute Gasteiger partial charge is 0.253 e. The summed E-state index contributed by atoms with van der Waals surface area (Å²) in [6.45, 7) is 2.66. The maximum absolute atomic E-state index is 12.4. The lowest BCUT2D eigenvalue weighted by molar-refractivity contribution is -0.130. The Kier molecular flexibility index (Phi) is 5.68. The van der Waals surface area contributed by atoms with Crippen LogP contribution in [0.4, 0.5) is 5.69 Å². The van der Waals surface area contributed by atoms with Gasteiger partial charge < -0.3 is 19.9 Å². The monoisotopic (exact) mass is 354 g/mol. The molecule has 1 saturated heterocycles. The van der Waals surface area contributed by atoms with Gasteiger partial charge in [0.1, 0.15) is 5.75 Å². The first-order valence-corrected chi connectivity index (χ1v) is 8.53. The maximum atomic E-state index is 12.4. The zero-order chi connectivity index (χ0) is 18.4. The van der Waals surface area contributed by atoms with Gasteiger partial charge in [0.2, 0.25) is 5.91 Å². The van der Waals surface area contributed by atoms with E-state index in [9.17, 15) is 9.59 Å². The van der Waals surface area contributed by atoms with Gasteiger partial charge in [-0.25, -0.2) is 0 Å². The maximum Gasteiger partial charge on any atom is 0.253 e. The molecule has 2 aromatic rings. The number of pyridine rings is 1. The van der Waals surface area contributed by atoms with Gasteiger partial charge in [0, 0.05) is 38.6 Å². The third-order valence-corrected chi connectivity index (χ3v) is 4.38. The van der Waals surface area contributed by atoms with Crippen molar-refractivity contribution in [3.8, 4) is 5.75 Å². The summed E-state index contributed by atoms with van der Waals surface area (Å²) in [5.74, 6) is 0.456. The summed E-state index contributed by atoms with van der Waals surface area (Å²) in [7, 11) is 1.66. The summed E-state index contributed by atoms with van der Waals surface area (Å²) in [6, 6.07) is 11.2. The number of methoxy groups -OCH3 is 1. The minimum Gasteiger partial charge on any atom is -0.495 e. The van der Waals surface area contributed by atoms with E-state index in [1.54, 1.807) is 30.3 Å². The number of hydrogen-bond donors (Lipinski definition) is 1. The number of para-hydroxylation sites is 2. The van der Waals surface area contributed by atoms with Crippen LogP contribution in [0, 0.1) is 0 Å². The molecule has 0 aliphatic carbocycles. The number of anilines is 1. The van der Waals surface area contributed by atoms with Gasteiger partial charge in [-0.15, -0.1) is 0 Å². The van der Waals surface area contributed by atoms with Gasteiger partial charge in [0.25, 0.3) is 5.91 Å². The van der Waals surface area contributed by atoms with Crippen LogP contribution in [0.5, 0.6) is 5.75 Å². The van der Waals surface area contributed by atoms with Crippen molar-refractivity contribution >= 4 is 17.5 Å². The molecule has 136 valence electrons. The molecule has 1 aromatic heterocycles. The van der Waals surface area contributed by atoms with Crippen molar-refractivity contribution in [2.24, 2.45) is 0 Å². The summed E-state index contributed by atoms with van der Waals surface area (Å²) < 4.78 is 5.41. The molecule has 1 fully saturated rings. The third kappa shape index (κ3) is 4.11. The number of carbonyl (C=O) groups is 2. The summed E-state index contributed by atoms with van der Waals surface area (Å²) in [5.41, 5.74) is 1.48. The van der Waals surface area contributed by atoms with E-state index >= 15 is 0 Å². The number of nitrogens with one attached hydrogen (secondary N) is 1. The van der Waals surface area contributed by atoms with Crippen LogP contribution in [0.2, 0.25) is 0 Å². The molecule has 0 saturated carbocycles. The lowest BCUT2D eigenvalue weighted by Crippen LogP contribution is -2.51. The molecule has 3 rings (SSSR count). The molecule has 1 aliphatic rings. The number of aromatic nitrogens is 1. The van der Waals surface area contributed by atoms with Crippen LogP contribution in [0.25, 0.3) is 0 Å². The lowest BCUT2D eigenvalue weighted by Gasteiger charge is -2.36. The molecule has 7 nitrogen and oxygen atoms in total. The Hall–Kier alpha value is -3.09. The minimum absolute atomic E-state index is 0.0115. The molecule has 1 N–H and O–H groups in total. The first-order chi connectivity index (χ1) is 12.7. The Morgan fingerprint density at radius 2 is 1.88 bits per heavy atom. The summed E-state index contributed by atoms with van der Waals surface area (Å²) >= 11 is 0. The van der Waals surface area contributed by atoms with Crippen LogP contribution < -0.4 is 15.0 Å². The number of nitrogens with zero attached hydrogens (tertiary/aromatic N) is 3. The van der Waals surface area contributed by atoms with E-state index < -0.39 is 0 Å².